The van der Waals surface area contributed by atoms with E-state index in [4.69, 9.17) is 9.05 Å². The van der Waals surface area contributed by atoms with Gasteiger partial charge in [-0.15, -0.1) is 0 Å². The maximum Gasteiger partial charge on any atom is 0.433 e. The molecule has 0 spiro atoms. The maximum absolute atomic E-state index is 13.1. The normalized spacial score (nSPS) is 12.5. The van der Waals surface area contributed by atoms with Crippen molar-refractivity contribution in [3.8, 4) is 0 Å². The summed E-state index contributed by atoms with van der Waals surface area (Å²) in [5.41, 5.74) is -2.22. The molecule has 7 nitrogen and oxygen atoms in total. The van der Waals surface area contributed by atoms with Crippen LogP contribution in [0, 0.1) is 0 Å². The van der Waals surface area contributed by atoms with Crippen molar-refractivity contribution in [1.29, 1.82) is 0 Å². The molecule has 0 aliphatic carbocycles. The number of carbonyl (C=O) groups is 1. The van der Waals surface area contributed by atoms with Gasteiger partial charge in [0.25, 0.3) is 0 Å². The van der Waals surface area contributed by atoms with Gasteiger partial charge in [-0.2, -0.15) is 18.3 Å². The highest BCUT2D eigenvalue weighted by molar-refractivity contribution is 7.62. The first-order valence-electron chi connectivity index (χ1n) is 6.43. The zero-order valence-corrected chi connectivity index (χ0v) is 13.1. The summed E-state index contributed by atoms with van der Waals surface area (Å²) in [5, 5.41) is 3.99. The molecule has 22 heavy (non-hydrogen) atoms. The fourth-order valence-corrected chi connectivity index (χ4v) is 3.51. The van der Waals surface area contributed by atoms with Crippen molar-refractivity contribution in [3.05, 3.63) is 11.4 Å². The van der Waals surface area contributed by atoms with E-state index in [1.54, 1.807) is 5.10 Å². The third-order valence-corrected chi connectivity index (χ3v) is 4.54. The van der Waals surface area contributed by atoms with Crippen LogP contribution in [0.5, 0.6) is 0 Å². The third kappa shape index (κ3) is 3.88. The molecule has 0 radical (unpaired) electrons. The van der Waals surface area contributed by atoms with Crippen molar-refractivity contribution in [2.24, 2.45) is 0 Å². The molecule has 0 aromatic carbocycles. The first-order valence-corrected chi connectivity index (χ1v) is 7.97. The first-order chi connectivity index (χ1) is 10.2. The van der Waals surface area contributed by atoms with Gasteiger partial charge >= 0.3 is 19.7 Å². The van der Waals surface area contributed by atoms with Crippen LogP contribution >= 0.6 is 7.60 Å². The molecule has 1 aromatic rings. The average molecular weight is 344 g/mol. The van der Waals surface area contributed by atoms with E-state index in [9.17, 15) is 22.5 Å². The van der Waals surface area contributed by atoms with Crippen LogP contribution in [-0.4, -0.2) is 36.0 Å². The highest BCUT2D eigenvalue weighted by Crippen LogP contribution is 2.50. The number of esters is 1. The van der Waals surface area contributed by atoms with Gasteiger partial charge < -0.3 is 13.8 Å². The number of halogens is 3. The topological polar surface area (TPSA) is 90.5 Å². The van der Waals surface area contributed by atoms with Gasteiger partial charge in [-0.05, 0) is 20.8 Å². The molecule has 0 bridgehead atoms. The summed E-state index contributed by atoms with van der Waals surface area (Å²) in [6.45, 7) is 3.90. The number of aromatic nitrogens is 2. The molecular formula is C11H16F3N2O5P. The zero-order chi connectivity index (χ0) is 17.0. The van der Waals surface area contributed by atoms with Gasteiger partial charge in [0.1, 0.15) is 5.30 Å². The number of aromatic amines is 1. The lowest BCUT2D eigenvalue weighted by Crippen LogP contribution is -2.25. The lowest BCUT2D eigenvalue weighted by molar-refractivity contribution is -0.140. The molecule has 0 unspecified atom stereocenters. The van der Waals surface area contributed by atoms with Crippen molar-refractivity contribution in [1.82, 2.24) is 10.2 Å². The summed E-state index contributed by atoms with van der Waals surface area (Å²) in [6.07, 6.45) is -4.92. The molecule has 0 saturated heterocycles. The minimum absolute atomic E-state index is 0.0833. The molecule has 1 rings (SSSR count). The molecule has 0 aliphatic rings. The van der Waals surface area contributed by atoms with Crippen LogP contribution in [0.3, 0.4) is 0 Å². The number of nitrogens with zero attached hydrogens (tertiary/aromatic N) is 1. The monoisotopic (exact) mass is 344 g/mol. The van der Waals surface area contributed by atoms with E-state index in [-0.39, 0.29) is 19.8 Å². The Morgan fingerprint density at radius 1 is 1.18 bits per heavy atom. The maximum atomic E-state index is 13.1. The Balaban J connectivity index is 3.54. The number of hydrogen-bond donors (Lipinski definition) is 1. The summed E-state index contributed by atoms with van der Waals surface area (Å²) in [6, 6.07) is 0. The van der Waals surface area contributed by atoms with Crippen LogP contribution in [0.1, 0.15) is 37.0 Å². The number of rotatable bonds is 7. The Bertz CT molecular complexity index is 563. The molecule has 0 amide bonds. The van der Waals surface area contributed by atoms with Gasteiger partial charge in [0.2, 0.25) is 0 Å². The first kappa shape index (κ1) is 18.7. The molecule has 126 valence electrons. The predicted molar refractivity (Wildman–Crippen MR) is 70.0 cm³/mol. The van der Waals surface area contributed by atoms with Gasteiger partial charge in [0.15, 0.2) is 11.4 Å². The predicted octanol–water partition coefficient (Wildman–Crippen LogP) is 2.50. The minimum Gasteiger partial charge on any atom is -0.461 e. The van der Waals surface area contributed by atoms with Crippen molar-refractivity contribution in [2.75, 3.05) is 19.8 Å². The fraction of sp³-hybridized carbons (Fsp3) is 0.636. The summed E-state index contributed by atoms with van der Waals surface area (Å²) >= 11 is 0. The van der Waals surface area contributed by atoms with E-state index in [0.717, 1.165) is 0 Å². The number of nitrogens with one attached hydrogen (secondary N) is 1. The summed E-state index contributed by atoms with van der Waals surface area (Å²) < 4.78 is 66.3. The van der Waals surface area contributed by atoms with Gasteiger partial charge in [0, 0.05) is 0 Å². The number of alkyl halides is 3. The van der Waals surface area contributed by atoms with Crippen LogP contribution in [0.25, 0.3) is 0 Å². The number of H-pyrrole nitrogens is 1. The number of ether oxygens (including phenoxy) is 1. The van der Waals surface area contributed by atoms with Crippen molar-refractivity contribution >= 4 is 18.9 Å². The number of carbonyl (C=O) groups excluding carboxylic acids is 1. The van der Waals surface area contributed by atoms with E-state index < -0.39 is 36.4 Å². The minimum atomic E-state index is -4.92. The second-order valence-corrected chi connectivity index (χ2v) is 5.81. The van der Waals surface area contributed by atoms with Gasteiger partial charge in [-0.1, -0.05) is 0 Å². The van der Waals surface area contributed by atoms with E-state index >= 15 is 0 Å². The molecule has 0 saturated carbocycles. The standard InChI is InChI=1S/C11H16F3N2O5P/c1-4-19-10(17)7-8(9(16-15-7)11(12,13)14)22(18,20-5-2)21-6-3/h4-6H2,1-3H3,(H,15,16). The fourth-order valence-electron chi connectivity index (χ4n) is 1.65. The van der Waals surface area contributed by atoms with Crippen LogP contribution in [0.4, 0.5) is 13.2 Å². The summed E-state index contributed by atoms with van der Waals surface area (Å²) in [4.78, 5) is 11.8. The second kappa shape index (κ2) is 7.26. The average Bonchev–Trinajstić information content (AvgIpc) is 2.84. The van der Waals surface area contributed by atoms with E-state index in [1.807, 2.05) is 0 Å². The van der Waals surface area contributed by atoms with Crippen molar-refractivity contribution in [2.45, 2.75) is 26.9 Å². The van der Waals surface area contributed by atoms with E-state index in [0.29, 0.717) is 0 Å². The van der Waals surface area contributed by atoms with Crippen LogP contribution in [-0.2, 0) is 24.5 Å². The van der Waals surface area contributed by atoms with Gasteiger partial charge in [-0.3, -0.25) is 9.66 Å². The van der Waals surface area contributed by atoms with E-state index in [1.165, 1.54) is 20.8 Å². The summed E-state index contributed by atoms with van der Waals surface area (Å²) in [5.74, 6) is -1.15. The molecular weight excluding hydrogens is 328 g/mol. The largest absolute Gasteiger partial charge is 0.461 e. The number of hydrogen-bond acceptors (Lipinski definition) is 6. The third-order valence-electron chi connectivity index (χ3n) is 2.36. The quantitative estimate of drug-likeness (QED) is 0.604. The molecule has 1 N–H and O–H groups in total. The molecule has 1 aromatic heterocycles. The second-order valence-electron chi connectivity index (χ2n) is 3.85. The van der Waals surface area contributed by atoms with Crippen LogP contribution in [0.2, 0.25) is 0 Å². The molecule has 0 aliphatic heterocycles. The Kier molecular flexibility index (Phi) is 6.16. The van der Waals surface area contributed by atoms with Crippen molar-refractivity contribution in [3.63, 3.8) is 0 Å². The lowest BCUT2D eigenvalue weighted by Gasteiger charge is -2.18. The Hall–Kier alpha value is -1.38. The van der Waals surface area contributed by atoms with Crippen molar-refractivity contribution < 1.29 is 36.3 Å². The summed E-state index contributed by atoms with van der Waals surface area (Å²) in [7, 11) is -4.39. The smallest absolute Gasteiger partial charge is 0.433 e. The highest BCUT2D eigenvalue weighted by atomic mass is 31.2. The Labute approximate surface area is 124 Å². The highest BCUT2D eigenvalue weighted by Gasteiger charge is 2.47. The van der Waals surface area contributed by atoms with Crippen LogP contribution < -0.4 is 5.30 Å². The molecule has 0 fully saturated rings. The van der Waals surface area contributed by atoms with E-state index in [2.05, 4.69) is 9.84 Å². The molecule has 1 heterocycles. The van der Waals surface area contributed by atoms with Gasteiger partial charge in [0.05, 0.1) is 19.8 Å². The van der Waals surface area contributed by atoms with Crippen LogP contribution in [0.15, 0.2) is 0 Å². The SMILES string of the molecule is CCOC(=O)c1n[nH]c(C(F)(F)F)c1P(=O)(OCC)OCC. The van der Waals surface area contributed by atoms with Gasteiger partial charge in [-0.25, -0.2) is 4.79 Å². The molecule has 11 heteroatoms. The lowest BCUT2D eigenvalue weighted by atomic mass is 10.3. The Morgan fingerprint density at radius 3 is 2.14 bits per heavy atom. The molecule has 0 atom stereocenters. The zero-order valence-electron chi connectivity index (χ0n) is 12.2. The Morgan fingerprint density at radius 2 is 1.73 bits per heavy atom.